The van der Waals surface area contributed by atoms with Gasteiger partial charge in [-0.2, -0.15) is 13.2 Å². The van der Waals surface area contributed by atoms with Crippen LogP contribution in [0.3, 0.4) is 0 Å². The third-order valence-corrected chi connectivity index (χ3v) is 1.67. The topological polar surface area (TPSA) is 17.1 Å². The molecule has 0 unspecified atom stereocenters. The summed E-state index contributed by atoms with van der Waals surface area (Å²) in [5.74, 6) is 1.54. The highest BCUT2D eigenvalue weighted by atomic mass is 35.5. The van der Waals surface area contributed by atoms with Crippen molar-refractivity contribution in [3.05, 3.63) is 34.9 Å². The van der Waals surface area contributed by atoms with Crippen molar-refractivity contribution in [2.24, 2.45) is 0 Å². The molecule has 0 aliphatic heterocycles. The zero-order valence-corrected chi connectivity index (χ0v) is 7.99. The van der Waals surface area contributed by atoms with Crippen molar-refractivity contribution in [1.29, 1.82) is 0 Å². The summed E-state index contributed by atoms with van der Waals surface area (Å²) in [7, 11) is 0. The number of Topliss-reactive ketones (excluding diaryl/α,β-unsaturated/α-hetero) is 1. The standard InChI is InChI=1S/C10H4ClF3O/c11-8-4-1-7(2-5-8)3-6-9(15)10(12,13)14/h1-2,4-5H. The summed E-state index contributed by atoms with van der Waals surface area (Å²) in [4.78, 5) is 10.4. The van der Waals surface area contributed by atoms with Crippen LogP contribution in [0.5, 0.6) is 0 Å². The summed E-state index contributed by atoms with van der Waals surface area (Å²) in [6.07, 6.45) is -4.90. The lowest BCUT2D eigenvalue weighted by molar-refractivity contribution is -0.164. The van der Waals surface area contributed by atoms with Crippen molar-refractivity contribution in [2.45, 2.75) is 6.18 Å². The van der Waals surface area contributed by atoms with E-state index in [1.807, 2.05) is 0 Å². The van der Waals surface area contributed by atoms with Crippen LogP contribution in [0, 0.1) is 11.8 Å². The Balaban J connectivity index is 2.83. The molecule has 1 nitrogen and oxygen atoms in total. The fourth-order valence-corrected chi connectivity index (χ4v) is 0.859. The van der Waals surface area contributed by atoms with E-state index < -0.39 is 12.0 Å². The summed E-state index contributed by atoms with van der Waals surface area (Å²) in [6, 6.07) is 5.81. The minimum atomic E-state index is -4.90. The van der Waals surface area contributed by atoms with Crippen LogP contribution < -0.4 is 0 Å². The highest BCUT2D eigenvalue weighted by Gasteiger charge is 2.37. The van der Waals surface area contributed by atoms with E-state index in [1.165, 1.54) is 30.2 Å². The molecule has 0 aliphatic carbocycles. The first-order valence-corrected chi connectivity index (χ1v) is 4.16. The Labute approximate surface area is 88.9 Å². The molecule has 0 N–H and O–H groups in total. The summed E-state index contributed by atoms with van der Waals surface area (Å²) < 4.78 is 35.2. The van der Waals surface area contributed by atoms with Crippen molar-refractivity contribution >= 4 is 17.4 Å². The SMILES string of the molecule is O=C(C#Cc1ccc(Cl)cc1)C(F)(F)F. The largest absolute Gasteiger partial charge is 0.462 e. The molecule has 0 saturated carbocycles. The first-order chi connectivity index (χ1) is 6.89. The van der Waals surface area contributed by atoms with E-state index in [0.717, 1.165) is 0 Å². The lowest BCUT2D eigenvalue weighted by atomic mass is 10.2. The molecule has 0 heterocycles. The van der Waals surface area contributed by atoms with Crippen LogP contribution in [-0.4, -0.2) is 12.0 Å². The predicted molar refractivity (Wildman–Crippen MR) is 49.4 cm³/mol. The highest BCUT2D eigenvalue weighted by Crippen LogP contribution is 2.15. The number of carbonyl (C=O) groups excluding carboxylic acids is 1. The maximum atomic E-state index is 11.7. The van der Waals surface area contributed by atoms with Gasteiger partial charge in [-0.1, -0.05) is 17.5 Å². The molecule has 1 aromatic rings. The molecule has 0 saturated heterocycles. The van der Waals surface area contributed by atoms with Crippen LogP contribution in [0.1, 0.15) is 5.56 Å². The van der Waals surface area contributed by atoms with E-state index in [0.29, 0.717) is 10.6 Å². The Morgan fingerprint density at radius 1 is 1.20 bits per heavy atom. The minimum absolute atomic E-state index is 0.303. The van der Waals surface area contributed by atoms with Gasteiger partial charge in [0.25, 0.3) is 0 Å². The average Bonchev–Trinajstić information content (AvgIpc) is 2.15. The van der Waals surface area contributed by atoms with E-state index in [-0.39, 0.29) is 0 Å². The minimum Gasteiger partial charge on any atom is -0.275 e. The van der Waals surface area contributed by atoms with Gasteiger partial charge in [0.2, 0.25) is 0 Å². The molecular formula is C10H4ClF3O. The molecule has 1 aromatic carbocycles. The van der Waals surface area contributed by atoms with Crippen LogP contribution in [-0.2, 0) is 4.79 Å². The van der Waals surface area contributed by atoms with E-state index in [9.17, 15) is 18.0 Å². The van der Waals surface area contributed by atoms with Crippen LogP contribution in [0.4, 0.5) is 13.2 Å². The molecule has 78 valence electrons. The van der Waals surface area contributed by atoms with Gasteiger partial charge >= 0.3 is 12.0 Å². The number of ketones is 1. The number of rotatable bonds is 0. The fourth-order valence-electron chi connectivity index (χ4n) is 0.733. The van der Waals surface area contributed by atoms with E-state index in [1.54, 1.807) is 0 Å². The molecule has 0 radical (unpaired) electrons. The smallest absolute Gasteiger partial charge is 0.275 e. The maximum Gasteiger partial charge on any atom is 0.462 e. The third kappa shape index (κ3) is 3.64. The first kappa shape index (κ1) is 11.6. The van der Waals surface area contributed by atoms with Crippen molar-refractivity contribution in [1.82, 2.24) is 0 Å². The van der Waals surface area contributed by atoms with E-state index in [2.05, 4.69) is 5.92 Å². The molecule has 0 fully saturated rings. The summed E-state index contributed by atoms with van der Waals surface area (Å²) in [5, 5.41) is 0.447. The van der Waals surface area contributed by atoms with Gasteiger partial charge in [0.05, 0.1) is 0 Å². The Morgan fingerprint density at radius 2 is 1.73 bits per heavy atom. The molecule has 5 heteroatoms. The molecule has 15 heavy (non-hydrogen) atoms. The van der Waals surface area contributed by atoms with Gasteiger partial charge in [0.1, 0.15) is 0 Å². The van der Waals surface area contributed by atoms with Crippen molar-refractivity contribution < 1.29 is 18.0 Å². The number of hydrogen-bond acceptors (Lipinski definition) is 1. The monoisotopic (exact) mass is 232 g/mol. The molecule has 0 aromatic heterocycles. The van der Waals surface area contributed by atoms with Crippen molar-refractivity contribution in [3.63, 3.8) is 0 Å². The van der Waals surface area contributed by atoms with Crippen molar-refractivity contribution in [3.8, 4) is 11.8 Å². The van der Waals surface area contributed by atoms with Gasteiger partial charge in [0.15, 0.2) is 0 Å². The summed E-state index contributed by atoms with van der Waals surface area (Å²) in [5.41, 5.74) is 0.303. The zero-order chi connectivity index (χ0) is 11.5. The van der Waals surface area contributed by atoms with Gasteiger partial charge in [-0.3, -0.25) is 4.79 Å². The summed E-state index contributed by atoms with van der Waals surface area (Å²) in [6.45, 7) is 0. The number of hydrogen-bond donors (Lipinski definition) is 0. The van der Waals surface area contributed by atoms with Gasteiger partial charge < -0.3 is 0 Å². The molecule has 0 bridgehead atoms. The lowest BCUT2D eigenvalue weighted by Crippen LogP contribution is -2.20. The number of carbonyl (C=O) groups is 1. The Hall–Kier alpha value is -1.47. The van der Waals surface area contributed by atoms with Crippen LogP contribution in [0.25, 0.3) is 0 Å². The Bertz CT molecular complexity index is 423. The molecule has 1 rings (SSSR count). The molecule has 0 amide bonds. The van der Waals surface area contributed by atoms with Crippen molar-refractivity contribution in [2.75, 3.05) is 0 Å². The molecule has 0 atom stereocenters. The quantitative estimate of drug-likeness (QED) is 0.629. The third-order valence-electron chi connectivity index (χ3n) is 1.42. The second-order valence-corrected chi connectivity index (χ2v) is 3.02. The van der Waals surface area contributed by atoms with E-state index in [4.69, 9.17) is 11.6 Å². The number of halogens is 4. The zero-order valence-electron chi connectivity index (χ0n) is 7.23. The van der Waals surface area contributed by atoms with Gasteiger partial charge in [-0.05, 0) is 30.2 Å². The van der Waals surface area contributed by atoms with Gasteiger partial charge in [-0.25, -0.2) is 0 Å². The molecule has 0 aliphatic rings. The lowest BCUT2D eigenvalue weighted by Gasteiger charge is -1.96. The first-order valence-electron chi connectivity index (χ1n) is 3.78. The molecular weight excluding hydrogens is 229 g/mol. The Morgan fingerprint density at radius 3 is 2.20 bits per heavy atom. The van der Waals surface area contributed by atoms with Gasteiger partial charge in [-0.15, -0.1) is 0 Å². The summed E-state index contributed by atoms with van der Waals surface area (Å²) >= 11 is 5.55. The van der Waals surface area contributed by atoms with Gasteiger partial charge in [0, 0.05) is 10.6 Å². The fraction of sp³-hybridized carbons (Fsp3) is 0.100. The maximum absolute atomic E-state index is 11.7. The normalized spacial score (nSPS) is 10.4. The predicted octanol–water partition coefficient (Wildman–Crippen LogP) is 2.82. The second kappa shape index (κ2) is 4.37. The second-order valence-electron chi connectivity index (χ2n) is 2.58. The van der Waals surface area contributed by atoms with Crippen LogP contribution in [0.2, 0.25) is 5.02 Å². The van der Waals surface area contributed by atoms with E-state index >= 15 is 0 Å². The highest BCUT2D eigenvalue weighted by molar-refractivity contribution is 6.30. The number of alkyl halides is 3. The number of benzene rings is 1. The average molecular weight is 233 g/mol. The Kier molecular flexibility index (Phi) is 3.38. The van der Waals surface area contributed by atoms with Crippen LogP contribution in [0.15, 0.2) is 24.3 Å². The van der Waals surface area contributed by atoms with Crippen LogP contribution >= 0.6 is 11.6 Å². The molecule has 0 spiro atoms.